The van der Waals surface area contributed by atoms with Crippen LogP contribution in [0.2, 0.25) is 0 Å². The zero-order valence-corrected chi connectivity index (χ0v) is 12.5. The number of nitriles is 1. The first kappa shape index (κ1) is 15.0. The number of rotatable bonds is 5. The second-order valence-corrected chi connectivity index (χ2v) is 7.39. The van der Waals surface area contributed by atoms with Crippen LogP contribution >= 0.6 is 0 Å². The van der Waals surface area contributed by atoms with Gasteiger partial charge in [-0.2, -0.15) is 5.26 Å². The van der Waals surface area contributed by atoms with Crippen LogP contribution in [0.3, 0.4) is 0 Å². The number of sulfonamides is 1. The van der Waals surface area contributed by atoms with Crippen molar-refractivity contribution < 1.29 is 8.42 Å². The predicted molar refractivity (Wildman–Crippen MR) is 78.3 cm³/mol. The predicted octanol–water partition coefficient (Wildman–Crippen LogP) is 2.41. The fourth-order valence-corrected chi connectivity index (χ4v) is 3.91. The van der Waals surface area contributed by atoms with Crippen molar-refractivity contribution in [2.45, 2.75) is 31.9 Å². The van der Waals surface area contributed by atoms with Crippen LogP contribution in [0.1, 0.15) is 37.3 Å². The summed E-state index contributed by atoms with van der Waals surface area (Å²) < 4.78 is 26.8. The van der Waals surface area contributed by atoms with Crippen molar-refractivity contribution in [1.29, 1.82) is 5.26 Å². The highest BCUT2D eigenvalue weighted by Gasteiger charge is 2.24. The molecule has 1 N–H and O–H groups in total. The summed E-state index contributed by atoms with van der Waals surface area (Å²) in [5, 5.41) is 8.71. The summed E-state index contributed by atoms with van der Waals surface area (Å²) in [4.78, 5) is 0. The Morgan fingerprint density at radius 2 is 2.00 bits per heavy atom. The van der Waals surface area contributed by atoms with E-state index in [9.17, 15) is 8.42 Å². The lowest BCUT2D eigenvalue weighted by Gasteiger charge is -2.16. The molecule has 0 spiro atoms. The molecule has 1 aromatic rings. The fourth-order valence-electron chi connectivity index (χ4n) is 2.71. The highest BCUT2D eigenvalue weighted by atomic mass is 32.2. The maximum atomic E-state index is 12.0. The highest BCUT2D eigenvalue weighted by Crippen LogP contribution is 2.30. The monoisotopic (exact) mass is 292 g/mol. The lowest BCUT2D eigenvalue weighted by Crippen LogP contribution is -2.31. The van der Waals surface area contributed by atoms with E-state index in [1.54, 1.807) is 24.3 Å². The minimum Gasteiger partial charge on any atom is -0.215 e. The molecule has 1 fully saturated rings. The van der Waals surface area contributed by atoms with Crippen molar-refractivity contribution in [3.63, 3.8) is 0 Å². The van der Waals surface area contributed by atoms with Gasteiger partial charge in [0.1, 0.15) is 0 Å². The fraction of sp³-hybridized carbons (Fsp3) is 0.533. The zero-order valence-electron chi connectivity index (χ0n) is 11.7. The van der Waals surface area contributed by atoms with Gasteiger partial charge < -0.3 is 0 Å². The number of benzene rings is 1. The van der Waals surface area contributed by atoms with E-state index in [0.29, 0.717) is 29.5 Å². The maximum absolute atomic E-state index is 12.0. The number of hydrogen-bond acceptors (Lipinski definition) is 3. The van der Waals surface area contributed by atoms with Crippen LogP contribution < -0.4 is 4.72 Å². The third-order valence-electron chi connectivity index (χ3n) is 4.04. The molecule has 1 aromatic carbocycles. The lowest BCUT2D eigenvalue weighted by atomic mass is 9.99. The van der Waals surface area contributed by atoms with Gasteiger partial charge in [0.05, 0.1) is 17.4 Å². The largest absolute Gasteiger partial charge is 0.215 e. The van der Waals surface area contributed by atoms with Crippen molar-refractivity contribution in [1.82, 2.24) is 4.72 Å². The molecule has 2 atom stereocenters. The molecule has 0 aromatic heterocycles. The molecule has 1 aliphatic carbocycles. The molecule has 4 nitrogen and oxygen atoms in total. The van der Waals surface area contributed by atoms with Crippen LogP contribution in [0.15, 0.2) is 24.3 Å². The van der Waals surface area contributed by atoms with E-state index in [0.717, 1.165) is 6.42 Å². The normalized spacial score (nSPS) is 22.6. The second-order valence-electron chi connectivity index (χ2n) is 5.58. The molecule has 0 bridgehead atoms. The summed E-state index contributed by atoms with van der Waals surface area (Å²) in [6.07, 6.45) is 3.51. The molecule has 108 valence electrons. The van der Waals surface area contributed by atoms with Gasteiger partial charge in [0.25, 0.3) is 0 Å². The molecule has 1 saturated carbocycles. The Hall–Kier alpha value is -1.38. The molecule has 0 saturated heterocycles. The van der Waals surface area contributed by atoms with Crippen LogP contribution in [-0.4, -0.2) is 15.0 Å². The van der Waals surface area contributed by atoms with E-state index < -0.39 is 10.0 Å². The summed E-state index contributed by atoms with van der Waals surface area (Å²) in [5.74, 6) is 1.04. The van der Waals surface area contributed by atoms with E-state index in [1.165, 1.54) is 12.8 Å². The average Bonchev–Trinajstić information content (AvgIpc) is 2.83. The van der Waals surface area contributed by atoms with Gasteiger partial charge in [-0.15, -0.1) is 0 Å². The summed E-state index contributed by atoms with van der Waals surface area (Å²) in [5.41, 5.74) is 1.25. The van der Waals surface area contributed by atoms with Gasteiger partial charge in [-0.25, -0.2) is 13.1 Å². The second kappa shape index (κ2) is 6.38. The molecular weight excluding hydrogens is 272 g/mol. The molecule has 20 heavy (non-hydrogen) atoms. The number of hydrogen-bond donors (Lipinski definition) is 1. The van der Waals surface area contributed by atoms with Gasteiger partial charge in [-0.1, -0.05) is 31.9 Å². The molecule has 0 amide bonds. The van der Waals surface area contributed by atoms with Crippen LogP contribution in [0.4, 0.5) is 0 Å². The van der Waals surface area contributed by atoms with E-state index in [4.69, 9.17) is 5.26 Å². The molecule has 5 heteroatoms. The van der Waals surface area contributed by atoms with Crippen LogP contribution in [0, 0.1) is 23.2 Å². The average molecular weight is 292 g/mol. The number of nitrogens with one attached hydrogen (secondary N) is 1. The van der Waals surface area contributed by atoms with Gasteiger partial charge in [0.15, 0.2) is 0 Å². The summed E-state index contributed by atoms with van der Waals surface area (Å²) in [6.45, 7) is 2.73. The quantitative estimate of drug-likeness (QED) is 0.906. The maximum Gasteiger partial charge on any atom is 0.215 e. The Morgan fingerprint density at radius 1 is 1.30 bits per heavy atom. The standard InChI is InChI=1S/C15H20N2O2S/c1-12-3-2-4-15(12)10-17-20(18,19)11-14-7-5-13(9-16)6-8-14/h5-8,12,15,17H,2-4,10-11H2,1H3. The van der Waals surface area contributed by atoms with Crippen molar-refractivity contribution in [3.05, 3.63) is 35.4 Å². The molecule has 2 unspecified atom stereocenters. The molecule has 2 rings (SSSR count). The molecule has 0 heterocycles. The van der Waals surface area contributed by atoms with Gasteiger partial charge in [-0.05, 0) is 36.0 Å². The van der Waals surface area contributed by atoms with E-state index in [-0.39, 0.29) is 5.75 Å². The summed E-state index contributed by atoms with van der Waals surface area (Å²) >= 11 is 0. The first-order valence-electron chi connectivity index (χ1n) is 6.96. The Kier molecular flexibility index (Phi) is 4.79. The molecule has 0 aliphatic heterocycles. The van der Waals surface area contributed by atoms with Gasteiger partial charge in [0, 0.05) is 6.54 Å². The lowest BCUT2D eigenvalue weighted by molar-refractivity contribution is 0.414. The minimum absolute atomic E-state index is 0.0280. The summed E-state index contributed by atoms with van der Waals surface area (Å²) in [7, 11) is -3.30. The van der Waals surface area contributed by atoms with Gasteiger partial charge >= 0.3 is 0 Å². The SMILES string of the molecule is CC1CCCC1CNS(=O)(=O)Cc1ccc(C#N)cc1. The summed E-state index contributed by atoms with van der Waals surface area (Å²) in [6, 6.07) is 8.69. The van der Waals surface area contributed by atoms with E-state index >= 15 is 0 Å². The van der Waals surface area contributed by atoms with Crippen LogP contribution in [0.25, 0.3) is 0 Å². The first-order valence-corrected chi connectivity index (χ1v) is 8.62. The van der Waals surface area contributed by atoms with Crippen molar-refractivity contribution in [3.8, 4) is 6.07 Å². The van der Waals surface area contributed by atoms with Gasteiger partial charge in [0.2, 0.25) is 10.0 Å². The van der Waals surface area contributed by atoms with Crippen LogP contribution in [0.5, 0.6) is 0 Å². The van der Waals surface area contributed by atoms with Gasteiger partial charge in [-0.3, -0.25) is 0 Å². The van der Waals surface area contributed by atoms with E-state index in [2.05, 4.69) is 11.6 Å². The Balaban J connectivity index is 1.91. The van der Waals surface area contributed by atoms with Crippen LogP contribution in [-0.2, 0) is 15.8 Å². The zero-order chi connectivity index (χ0) is 14.6. The number of nitrogens with zero attached hydrogens (tertiary/aromatic N) is 1. The van der Waals surface area contributed by atoms with E-state index in [1.807, 2.05) is 6.07 Å². The smallest absolute Gasteiger partial charge is 0.215 e. The first-order chi connectivity index (χ1) is 9.50. The topological polar surface area (TPSA) is 70.0 Å². The Morgan fingerprint density at radius 3 is 2.55 bits per heavy atom. The Labute approximate surface area is 120 Å². The highest BCUT2D eigenvalue weighted by molar-refractivity contribution is 7.88. The minimum atomic E-state index is -3.30. The third-order valence-corrected chi connectivity index (χ3v) is 5.36. The molecule has 0 radical (unpaired) electrons. The molecular formula is C15H20N2O2S. The van der Waals surface area contributed by atoms with Crippen molar-refractivity contribution in [2.75, 3.05) is 6.54 Å². The molecule has 1 aliphatic rings. The van der Waals surface area contributed by atoms with Crippen molar-refractivity contribution in [2.24, 2.45) is 11.8 Å². The Bertz CT molecular complexity index is 587. The third kappa shape index (κ3) is 4.06. The van der Waals surface area contributed by atoms with Crippen molar-refractivity contribution >= 4 is 10.0 Å².